The van der Waals surface area contributed by atoms with Crippen molar-refractivity contribution in [3.63, 3.8) is 0 Å². The van der Waals surface area contributed by atoms with Crippen molar-refractivity contribution >= 4 is 11.8 Å². The van der Waals surface area contributed by atoms with Crippen LogP contribution in [0.3, 0.4) is 0 Å². The fraction of sp³-hybridized carbons (Fsp3) is 0.267. The standard InChI is InChI=1S/C15H17NO2S/c1-12-7-8-15(16-9-12)19-11-13(17)10-18-14-5-3-2-4-6-14/h2-9,13,17H,10-11H2,1H3. The van der Waals surface area contributed by atoms with Crippen LogP contribution in [0.4, 0.5) is 0 Å². The fourth-order valence-corrected chi connectivity index (χ4v) is 2.23. The Morgan fingerprint density at radius 1 is 1.21 bits per heavy atom. The van der Waals surface area contributed by atoms with E-state index in [2.05, 4.69) is 4.98 Å². The highest BCUT2D eigenvalue weighted by molar-refractivity contribution is 7.99. The van der Waals surface area contributed by atoms with Crippen molar-refractivity contribution in [3.8, 4) is 5.75 Å². The minimum Gasteiger partial charge on any atom is -0.491 e. The van der Waals surface area contributed by atoms with Gasteiger partial charge in [-0.05, 0) is 30.7 Å². The molecule has 4 heteroatoms. The van der Waals surface area contributed by atoms with Gasteiger partial charge >= 0.3 is 0 Å². The highest BCUT2D eigenvalue weighted by Crippen LogP contribution is 2.17. The molecule has 0 saturated heterocycles. The normalized spacial score (nSPS) is 12.1. The first-order valence-electron chi connectivity index (χ1n) is 6.15. The molecular weight excluding hydrogens is 258 g/mol. The molecule has 19 heavy (non-hydrogen) atoms. The van der Waals surface area contributed by atoms with Gasteiger partial charge in [-0.25, -0.2) is 4.98 Å². The molecule has 0 saturated carbocycles. The van der Waals surface area contributed by atoms with E-state index in [1.807, 2.05) is 55.6 Å². The molecule has 0 aliphatic heterocycles. The van der Waals surface area contributed by atoms with Gasteiger partial charge in [0.05, 0.1) is 11.1 Å². The van der Waals surface area contributed by atoms with Crippen LogP contribution >= 0.6 is 11.8 Å². The Morgan fingerprint density at radius 3 is 2.68 bits per heavy atom. The number of thioether (sulfide) groups is 1. The molecule has 0 radical (unpaired) electrons. The summed E-state index contributed by atoms with van der Waals surface area (Å²) in [4.78, 5) is 4.28. The zero-order valence-electron chi connectivity index (χ0n) is 10.8. The summed E-state index contributed by atoms with van der Waals surface area (Å²) in [7, 11) is 0. The van der Waals surface area contributed by atoms with Gasteiger partial charge in [0.1, 0.15) is 12.4 Å². The maximum absolute atomic E-state index is 9.85. The summed E-state index contributed by atoms with van der Waals surface area (Å²) in [5.41, 5.74) is 1.14. The molecule has 1 unspecified atom stereocenters. The average Bonchev–Trinajstić information content (AvgIpc) is 2.45. The summed E-state index contributed by atoms with van der Waals surface area (Å²) in [6.45, 7) is 2.30. The quantitative estimate of drug-likeness (QED) is 0.823. The number of hydrogen-bond acceptors (Lipinski definition) is 4. The maximum atomic E-state index is 9.85. The number of aryl methyl sites for hydroxylation is 1. The van der Waals surface area contributed by atoms with Crippen molar-refractivity contribution in [2.45, 2.75) is 18.1 Å². The van der Waals surface area contributed by atoms with Crippen molar-refractivity contribution in [2.75, 3.05) is 12.4 Å². The molecule has 0 fully saturated rings. The molecule has 2 rings (SSSR count). The lowest BCUT2D eigenvalue weighted by molar-refractivity contribution is 0.126. The second kappa shape index (κ2) is 7.16. The van der Waals surface area contributed by atoms with Gasteiger partial charge in [0.2, 0.25) is 0 Å². The molecule has 0 amide bonds. The molecule has 2 aromatic rings. The Labute approximate surface area is 117 Å². The molecule has 1 atom stereocenters. The van der Waals surface area contributed by atoms with Gasteiger partial charge < -0.3 is 9.84 Å². The monoisotopic (exact) mass is 275 g/mol. The summed E-state index contributed by atoms with van der Waals surface area (Å²) in [6.07, 6.45) is 1.32. The number of nitrogens with zero attached hydrogens (tertiary/aromatic N) is 1. The number of ether oxygens (including phenoxy) is 1. The Balaban J connectivity index is 1.72. The Morgan fingerprint density at radius 2 is 2.00 bits per heavy atom. The zero-order valence-corrected chi connectivity index (χ0v) is 11.6. The van der Waals surface area contributed by atoms with Gasteiger partial charge in [0.15, 0.2) is 0 Å². The molecule has 0 aliphatic rings. The molecule has 1 N–H and O–H groups in total. The number of pyridine rings is 1. The minimum atomic E-state index is -0.506. The second-order valence-corrected chi connectivity index (χ2v) is 5.30. The molecule has 1 aromatic carbocycles. The Hall–Kier alpha value is -1.52. The Bertz CT molecular complexity index is 487. The first-order valence-corrected chi connectivity index (χ1v) is 7.14. The predicted molar refractivity (Wildman–Crippen MR) is 77.6 cm³/mol. The highest BCUT2D eigenvalue weighted by Gasteiger charge is 2.06. The molecule has 100 valence electrons. The number of aromatic nitrogens is 1. The lowest BCUT2D eigenvalue weighted by Gasteiger charge is -2.11. The van der Waals surface area contributed by atoms with E-state index in [9.17, 15) is 5.11 Å². The van der Waals surface area contributed by atoms with Gasteiger partial charge in [0.25, 0.3) is 0 Å². The number of hydrogen-bond donors (Lipinski definition) is 1. The summed E-state index contributed by atoms with van der Waals surface area (Å²) in [6, 6.07) is 13.5. The first kappa shape index (κ1) is 13.9. The topological polar surface area (TPSA) is 42.4 Å². The third-order valence-electron chi connectivity index (χ3n) is 2.49. The van der Waals surface area contributed by atoms with Gasteiger partial charge in [-0.1, -0.05) is 24.3 Å². The SMILES string of the molecule is Cc1ccc(SCC(O)COc2ccccc2)nc1. The Kier molecular flexibility index (Phi) is 5.24. The summed E-state index contributed by atoms with van der Waals surface area (Å²) >= 11 is 1.53. The van der Waals surface area contributed by atoms with E-state index in [1.165, 1.54) is 11.8 Å². The van der Waals surface area contributed by atoms with Crippen LogP contribution in [-0.2, 0) is 0 Å². The van der Waals surface area contributed by atoms with E-state index in [0.29, 0.717) is 12.4 Å². The maximum Gasteiger partial charge on any atom is 0.119 e. The average molecular weight is 275 g/mol. The van der Waals surface area contributed by atoms with Crippen molar-refractivity contribution < 1.29 is 9.84 Å². The summed E-state index contributed by atoms with van der Waals surface area (Å²) in [5, 5.41) is 10.8. The first-order chi connectivity index (χ1) is 9.24. The van der Waals surface area contributed by atoms with E-state index < -0.39 is 6.10 Å². The zero-order chi connectivity index (χ0) is 13.5. The van der Waals surface area contributed by atoms with Crippen molar-refractivity contribution in [1.29, 1.82) is 0 Å². The number of aliphatic hydroxyl groups excluding tert-OH is 1. The van der Waals surface area contributed by atoms with Crippen LogP contribution in [0.25, 0.3) is 0 Å². The van der Waals surface area contributed by atoms with Crippen LogP contribution in [0.15, 0.2) is 53.7 Å². The van der Waals surface area contributed by atoms with Crippen molar-refractivity contribution in [2.24, 2.45) is 0 Å². The minimum absolute atomic E-state index is 0.295. The smallest absolute Gasteiger partial charge is 0.119 e. The second-order valence-electron chi connectivity index (χ2n) is 4.26. The third-order valence-corrected chi connectivity index (χ3v) is 3.58. The van der Waals surface area contributed by atoms with Gasteiger partial charge in [-0.2, -0.15) is 0 Å². The predicted octanol–water partition coefficient (Wildman–Crippen LogP) is 2.92. The number of benzene rings is 1. The molecule has 3 nitrogen and oxygen atoms in total. The molecule has 0 aliphatic carbocycles. The molecular formula is C15H17NO2S. The number of aliphatic hydroxyl groups is 1. The number of para-hydroxylation sites is 1. The molecule has 1 heterocycles. The summed E-state index contributed by atoms with van der Waals surface area (Å²) in [5.74, 6) is 1.35. The summed E-state index contributed by atoms with van der Waals surface area (Å²) < 4.78 is 5.49. The van der Waals surface area contributed by atoms with Crippen LogP contribution in [0.1, 0.15) is 5.56 Å². The highest BCUT2D eigenvalue weighted by atomic mass is 32.2. The largest absolute Gasteiger partial charge is 0.491 e. The van der Waals surface area contributed by atoms with Crippen LogP contribution < -0.4 is 4.74 Å². The van der Waals surface area contributed by atoms with Crippen LogP contribution in [0, 0.1) is 6.92 Å². The lowest BCUT2D eigenvalue weighted by atomic mass is 10.3. The number of rotatable bonds is 6. The molecule has 0 bridgehead atoms. The van der Waals surface area contributed by atoms with E-state index in [1.54, 1.807) is 0 Å². The van der Waals surface area contributed by atoms with Gasteiger partial charge in [-0.15, -0.1) is 11.8 Å². The van der Waals surface area contributed by atoms with E-state index >= 15 is 0 Å². The lowest BCUT2D eigenvalue weighted by Crippen LogP contribution is -2.20. The van der Waals surface area contributed by atoms with E-state index in [0.717, 1.165) is 16.3 Å². The van der Waals surface area contributed by atoms with Crippen LogP contribution in [0.2, 0.25) is 0 Å². The van der Waals surface area contributed by atoms with Crippen molar-refractivity contribution in [1.82, 2.24) is 4.98 Å². The molecule has 1 aromatic heterocycles. The van der Waals surface area contributed by atoms with Gasteiger partial charge in [-0.3, -0.25) is 0 Å². The van der Waals surface area contributed by atoms with Gasteiger partial charge in [0, 0.05) is 11.9 Å². The molecule has 0 spiro atoms. The fourth-order valence-electron chi connectivity index (χ4n) is 1.48. The van der Waals surface area contributed by atoms with Crippen LogP contribution in [0.5, 0.6) is 5.75 Å². The van der Waals surface area contributed by atoms with Crippen molar-refractivity contribution in [3.05, 3.63) is 54.2 Å². The van der Waals surface area contributed by atoms with E-state index in [4.69, 9.17) is 4.74 Å². The van der Waals surface area contributed by atoms with E-state index in [-0.39, 0.29) is 0 Å². The third kappa shape index (κ3) is 4.93. The van der Waals surface area contributed by atoms with Crippen LogP contribution in [-0.4, -0.2) is 28.6 Å².